The average Bonchev–Trinajstić information content (AvgIpc) is 3.51. The number of nitrogens with zero attached hydrogens (tertiary/aromatic N) is 1. The minimum atomic E-state index is -1.12. The van der Waals surface area contributed by atoms with Crippen LogP contribution in [0.15, 0.2) is 95.9 Å². The topological polar surface area (TPSA) is 118 Å². The van der Waals surface area contributed by atoms with E-state index in [0.29, 0.717) is 10.5 Å². The molecule has 1 heterocycles. The smallest absolute Gasteiger partial charge is 0.338 e. The van der Waals surface area contributed by atoms with Crippen LogP contribution in [0.1, 0.15) is 48.6 Å². The number of ketones is 1. The van der Waals surface area contributed by atoms with Crippen LogP contribution in [0.2, 0.25) is 0 Å². The van der Waals surface area contributed by atoms with E-state index < -0.39 is 35.6 Å². The predicted molar refractivity (Wildman–Crippen MR) is 156 cm³/mol. The number of carboxylic acid groups (broad SMARTS) is 1. The molecule has 42 heavy (non-hydrogen) atoms. The number of ether oxygens (including phenoxy) is 1. The maximum Gasteiger partial charge on any atom is 0.338 e. The highest BCUT2D eigenvalue weighted by atomic mass is 32.2. The van der Waals surface area contributed by atoms with Crippen molar-refractivity contribution in [2.75, 3.05) is 11.5 Å². The molecule has 0 saturated carbocycles. The maximum absolute atomic E-state index is 13.1. The first-order chi connectivity index (χ1) is 20.3. The fourth-order valence-corrected chi connectivity index (χ4v) is 6.41. The van der Waals surface area contributed by atoms with Gasteiger partial charge in [-0.2, -0.15) is 0 Å². The van der Waals surface area contributed by atoms with Crippen molar-refractivity contribution in [3.8, 4) is 11.1 Å². The molecule has 0 spiro atoms. The second kappa shape index (κ2) is 11.1. The molecular formula is C33H23NO7S. The standard InChI is InChI=1S/C33H23NO7S/c35-27(21-11-14-25-22(16-21)15-20-5-1-2-6-24(20)25)18-41-33(40)19-9-12-23(13-10-19)34-30(36)17-29(31(34)37)42-28-8-4-3-7-26(28)32(38)39/h1-14,16,29H,15,17-18H2,(H,38,39). The summed E-state index contributed by atoms with van der Waals surface area (Å²) in [4.78, 5) is 64.2. The van der Waals surface area contributed by atoms with E-state index in [1.54, 1.807) is 24.3 Å². The monoisotopic (exact) mass is 577 g/mol. The third-order valence-electron chi connectivity index (χ3n) is 7.30. The quantitative estimate of drug-likeness (QED) is 0.148. The number of carbonyl (C=O) groups is 5. The minimum absolute atomic E-state index is 0.0595. The molecule has 1 saturated heterocycles. The molecule has 9 heteroatoms. The highest BCUT2D eigenvalue weighted by molar-refractivity contribution is 8.00. The van der Waals surface area contributed by atoms with Crippen LogP contribution >= 0.6 is 11.8 Å². The van der Waals surface area contributed by atoms with Crippen LogP contribution < -0.4 is 4.90 Å². The summed E-state index contributed by atoms with van der Waals surface area (Å²) >= 11 is 1.04. The molecule has 0 aromatic heterocycles. The highest BCUT2D eigenvalue weighted by Gasteiger charge is 2.40. The zero-order chi connectivity index (χ0) is 29.4. The van der Waals surface area contributed by atoms with Crippen molar-refractivity contribution in [1.82, 2.24) is 0 Å². The van der Waals surface area contributed by atoms with Gasteiger partial charge in [-0.25, -0.2) is 14.5 Å². The largest absolute Gasteiger partial charge is 0.478 e. The number of hydrogen-bond acceptors (Lipinski definition) is 7. The van der Waals surface area contributed by atoms with Gasteiger partial charge in [0.1, 0.15) is 0 Å². The highest BCUT2D eigenvalue weighted by Crippen LogP contribution is 2.37. The molecule has 2 aliphatic rings. The van der Waals surface area contributed by atoms with Crippen LogP contribution in [0.3, 0.4) is 0 Å². The summed E-state index contributed by atoms with van der Waals surface area (Å²) in [6, 6.07) is 25.7. The Bertz CT molecular complexity index is 1780. The van der Waals surface area contributed by atoms with Crippen molar-refractivity contribution in [2.24, 2.45) is 0 Å². The summed E-state index contributed by atoms with van der Waals surface area (Å²) < 4.78 is 5.26. The molecule has 1 aliphatic heterocycles. The lowest BCUT2D eigenvalue weighted by Gasteiger charge is -2.15. The van der Waals surface area contributed by atoms with E-state index in [2.05, 4.69) is 12.1 Å². The Labute approximate surface area is 244 Å². The van der Waals surface area contributed by atoms with E-state index in [-0.39, 0.29) is 29.0 Å². The first-order valence-electron chi connectivity index (χ1n) is 13.2. The van der Waals surface area contributed by atoms with Crippen LogP contribution in [0.4, 0.5) is 5.69 Å². The number of carboxylic acids is 1. The number of amides is 2. The van der Waals surface area contributed by atoms with Crippen molar-refractivity contribution in [3.63, 3.8) is 0 Å². The second-order valence-corrected chi connectivity index (χ2v) is 11.2. The average molecular weight is 578 g/mol. The van der Waals surface area contributed by atoms with Gasteiger partial charge in [-0.1, -0.05) is 48.5 Å². The molecule has 2 amide bonds. The molecule has 1 fully saturated rings. The van der Waals surface area contributed by atoms with Crippen molar-refractivity contribution >= 4 is 47.0 Å². The van der Waals surface area contributed by atoms with Gasteiger partial charge in [0.15, 0.2) is 12.4 Å². The Balaban J connectivity index is 1.08. The molecule has 1 atom stereocenters. The lowest BCUT2D eigenvalue weighted by Crippen LogP contribution is -2.31. The number of hydrogen-bond donors (Lipinski definition) is 1. The summed E-state index contributed by atoms with van der Waals surface area (Å²) in [5, 5.41) is 8.64. The molecule has 1 N–H and O–H groups in total. The van der Waals surface area contributed by atoms with Crippen LogP contribution in [0.5, 0.6) is 0 Å². The van der Waals surface area contributed by atoms with Crippen LogP contribution in [-0.2, 0) is 20.7 Å². The van der Waals surface area contributed by atoms with E-state index in [1.165, 1.54) is 35.9 Å². The molecule has 4 aromatic carbocycles. The van der Waals surface area contributed by atoms with Gasteiger partial charge >= 0.3 is 11.9 Å². The predicted octanol–water partition coefficient (Wildman–Crippen LogP) is 5.42. The fraction of sp³-hybridized carbons (Fsp3) is 0.121. The third-order valence-corrected chi connectivity index (χ3v) is 8.57. The molecule has 8 nitrogen and oxygen atoms in total. The number of carbonyl (C=O) groups excluding carboxylic acids is 4. The van der Waals surface area contributed by atoms with Crippen molar-refractivity contribution in [3.05, 3.63) is 119 Å². The Morgan fingerprint density at radius 2 is 1.52 bits per heavy atom. The van der Waals surface area contributed by atoms with Gasteiger partial charge in [-0.3, -0.25) is 14.4 Å². The fourth-order valence-electron chi connectivity index (χ4n) is 5.23. The molecule has 1 aliphatic carbocycles. The summed E-state index contributed by atoms with van der Waals surface area (Å²) in [6.45, 7) is -0.424. The number of fused-ring (bicyclic) bond motifs is 3. The van der Waals surface area contributed by atoms with E-state index >= 15 is 0 Å². The van der Waals surface area contributed by atoms with Crippen LogP contribution in [-0.4, -0.2) is 46.5 Å². The van der Waals surface area contributed by atoms with E-state index in [1.807, 2.05) is 24.3 Å². The normalized spacial score (nSPS) is 15.3. The van der Waals surface area contributed by atoms with Crippen molar-refractivity contribution in [1.29, 1.82) is 0 Å². The molecule has 1 unspecified atom stereocenters. The van der Waals surface area contributed by atoms with Crippen LogP contribution in [0.25, 0.3) is 11.1 Å². The summed E-state index contributed by atoms with van der Waals surface area (Å²) in [7, 11) is 0. The van der Waals surface area contributed by atoms with Gasteiger partial charge in [0.2, 0.25) is 11.8 Å². The molecule has 0 radical (unpaired) electrons. The van der Waals surface area contributed by atoms with Gasteiger partial charge < -0.3 is 9.84 Å². The number of aromatic carboxylic acids is 1. The second-order valence-electron chi connectivity index (χ2n) is 9.93. The number of esters is 1. The SMILES string of the molecule is O=C(COC(=O)c1ccc(N2C(=O)CC(Sc3ccccc3C(=O)O)C2=O)cc1)c1ccc2c(c1)Cc1ccccc1-2. The summed E-state index contributed by atoms with van der Waals surface area (Å²) in [5.74, 6) is -3.04. The van der Waals surface area contributed by atoms with Gasteiger partial charge in [0.05, 0.1) is 22.1 Å². The van der Waals surface area contributed by atoms with Crippen molar-refractivity contribution in [2.45, 2.75) is 23.0 Å². The Morgan fingerprint density at radius 3 is 2.31 bits per heavy atom. The number of imide groups is 1. The summed E-state index contributed by atoms with van der Waals surface area (Å²) in [6.07, 6.45) is 0.661. The molecule has 208 valence electrons. The molecule has 6 rings (SSSR count). The van der Waals surface area contributed by atoms with Gasteiger partial charge in [0, 0.05) is 16.9 Å². The zero-order valence-corrected chi connectivity index (χ0v) is 22.9. The minimum Gasteiger partial charge on any atom is -0.478 e. The van der Waals surface area contributed by atoms with E-state index in [0.717, 1.165) is 39.8 Å². The number of rotatable bonds is 8. The number of anilines is 1. The van der Waals surface area contributed by atoms with Gasteiger partial charge in [0.25, 0.3) is 0 Å². The first-order valence-corrected chi connectivity index (χ1v) is 14.1. The Kier molecular flexibility index (Phi) is 7.18. The van der Waals surface area contributed by atoms with E-state index in [9.17, 15) is 29.1 Å². The molecular weight excluding hydrogens is 554 g/mol. The Morgan fingerprint density at radius 1 is 0.833 bits per heavy atom. The maximum atomic E-state index is 13.1. The van der Waals surface area contributed by atoms with Gasteiger partial charge in [-0.15, -0.1) is 11.8 Å². The first kappa shape index (κ1) is 27.2. The molecule has 4 aromatic rings. The Hall–Kier alpha value is -5.02. The zero-order valence-electron chi connectivity index (χ0n) is 22.1. The number of benzene rings is 4. The lowest BCUT2D eigenvalue weighted by molar-refractivity contribution is -0.121. The number of thioether (sulfide) groups is 1. The van der Waals surface area contributed by atoms with Crippen molar-refractivity contribution < 1.29 is 33.8 Å². The lowest BCUT2D eigenvalue weighted by atomic mass is 10.0. The van der Waals surface area contributed by atoms with Gasteiger partial charge in [-0.05, 0) is 71.1 Å². The van der Waals surface area contributed by atoms with E-state index in [4.69, 9.17) is 4.74 Å². The summed E-state index contributed by atoms with van der Waals surface area (Å²) in [5.41, 5.74) is 5.51. The molecule has 0 bridgehead atoms. The number of Topliss-reactive ketones (excluding diaryl/α,β-unsaturated/α-hetero) is 1. The van der Waals surface area contributed by atoms with Crippen LogP contribution in [0, 0.1) is 0 Å². The third kappa shape index (κ3) is 5.10.